The fourth-order valence-corrected chi connectivity index (χ4v) is 3.55. The number of rotatable bonds is 5. The van der Waals surface area contributed by atoms with E-state index in [1.807, 2.05) is 4.90 Å². The second kappa shape index (κ2) is 8.85. The summed E-state index contributed by atoms with van der Waals surface area (Å²) >= 11 is 0. The standard InChI is InChI=1S/C15H28N2O2.ClH/c1-19-14-8-9-17(13(10-14)11-16)15(18)7-6-12-4-2-3-5-12;/h12-14H,2-11,16H2,1H3;1H. The van der Waals surface area contributed by atoms with Gasteiger partial charge in [0.25, 0.3) is 0 Å². The van der Waals surface area contributed by atoms with E-state index >= 15 is 0 Å². The smallest absolute Gasteiger partial charge is 0.222 e. The predicted molar refractivity (Wildman–Crippen MR) is 83.0 cm³/mol. The molecule has 1 aliphatic carbocycles. The molecule has 2 atom stereocenters. The van der Waals surface area contributed by atoms with E-state index in [0.717, 1.165) is 31.7 Å². The zero-order valence-electron chi connectivity index (χ0n) is 12.6. The first-order valence-electron chi connectivity index (χ1n) is 7.77. The van der Waals surface area contributed by atoms with Crippen molar-refractivity contribution < 1.29 is 9.53 Å². The Balaban J connectivity index is 0.00000200. The number of likely N-dealkylation sites (tertiary alicyclic amines) is 1. The van der Waals surface area contributed by atoms with Crippen LogP contribution in [0.3, 0.4) is 0 Å². The Morgan fingerprint density at radius 2 is 2.00 bits per heavy atom. The number of halogens is 1. The third kappa shape index (κ3) is 4.61. The lowest BCUT2D eigenvalue weighted by atomic mass is 9.97. The number of carbonyl (C=O) groups is 1. The van der Waals surface area contributed by atoms with Gasteiger partial charge in [0.2, 0.25) is 5.91 Å². The van der Waals surface area contributed by atoms with Crippen molar-refractivity contribution in [3.05, 3.63) is 0 Å². The normalized spacial score (nSPS) is 27.4. The van der Waals surface area contributed by atoms with E-state index in [4.69, 9.17) is 10.5 Å². The summed E-state index contributed by atoms with van der Waals surface area (Å²) in [4.78, 5) is 14.4. The summed E-state index contributed by atoms with van der Waals surface area (Å²) in [5.74, 6) is 1.09. The molecule has 5 heteroatoms. The zero-order valence-corrected chi connectivity index (χ0v) is 13.4. The van der Waals surface area contributed by atoms with Crippen molar-refractivity contribution in [1.29, 1.82) is 0 Å². The summed E-state index contributed by atoms with van der Waals surface area (Å²) in [6, 6.07) is 0.176. The first-order valence-corrected chi connectivity index (χ1v) is 7.77. The fraction of sp³-hybridized carbons (Fsp3) is 0.933. The van der Waals surface area contributed by atoms with E-state index in [-0.39, 0.29) is 24.6 Å². The summed E-state index contributed by atoms with van der Waals surface area (Å²) in [7, 11) is 1.75. The Hall–Kier alpha value is -0.320. The molecule has 0 radical (unpaired) electrons. The van der Waals surface area contributed by atoms with Gasteiger partial charge in [-0.2, -0.15) is 0 Å². The molecule has 0 aromatic rings. The molecule has 20 heavy (non-hydrogen) atoms. The van der Waals surface area contributed by atoms with E-state index in [9.17, 15) is 4.79 Å². The molecule has 118 valence electrons. The zero-order chi connectivity index (χ0) is 13.7. The van der Waals surface area contributed by atoms with Crippen LogP contribution in [0, 0.1) is 5.92 Å². The molecule has 2 N–H and O–H groups in total. The van der Waals surface area contributed by atoms with E-state index in [1.165, 1.54) is 25.7 Å². The van der Waals surface area contributed by atoms with Crippen molar-refractivity contribution in [2.24, 2.45) is 11.7 Å². The summed E-state index contributed by atoms with van der Waals surface area (Å²) in [6.45, 7) is 1.36. The van der Waals surface area contributed by atoms with Crippen LogP contribution in [0.5, 0.6) is 0 Å². The van der Waals surface area contributed by atoms with Crippen LogP contribution in [0.2, 0.25) is 0 Å². The van der Waals surface area contributed by atoms with Crippen molar-refractivity contribution in [3.8, 4) is 0 Å². The van der Waals surface area contributed by atoms with Crippen molar-refractivity contribution in [2.75, 3.05) is 20.2 Å². The highest BCUT2D eigenvalue weighted by Crippen LogP contribution is 2.29. The molecule has 1 amide bonds. The maximum atomic E-state index is 12.3. The molecule has 2 rings (SSSR count). The van der Waals surface area contributed by atoms with Crippen LogP contribution in [0.4, 0.5) is 0 Å². The maximum Gasteiger partial charge on any atom is 0.222 e. The molecule has 1 saturated heterocycles. The highest BCUT2D eigenvalue weighted by Gasteiger charge is 2.30. The van der Waals surface area contributed by atoms with Crippen LogP contribution in [0.15, 0.2) is 0 Å². The van der Waals surface area contributed by atoms with Crippen LogP contribution in [0.25, 0.3) is 0 Å². The minimum absolute atomic E-state index is 0. The summed E-state index contributed by atoms with van der Waals surface area (Å²) in [6.07, 6.45) is 9.22. The summed E-state index contributed by atoms with van der Waals surface area (Å²) in [5.41, 5.74) is 5.82. The van der Waals surface area contributed by atoms with E-state index in [2.05, 4.69) is 0 Å². The van der Waals surface area contributed by atoms with Gasteiger partial charge in [0.15, 0.2) is 0 Å². The quantitative estimate of drug-likeness (QED) is 0.848. The highest BCUT2D eigenvalue weighted by molar-refractivity contribution is 5.85. The molecule has 1 heterocycles. The minimum atomic E-state index is 0. The van der Waals surface area contributed by atoms with Gasteiger partial charge in [-0.3, -0.25) is 4.79 Å². The largest absolute Gasteiger partial charge is 0.381 e. The van der Waals surface area contributed by atoms with Crippen LogP contribution < -0.4 is 5.73 Å². The third-order valence-electron chi connectivity index (χ3n) is 4.83. The van der Waals surface area contributed by atoms with Crippen LogP contribution in [-0.2, 0) is 9.53 Å². The molecule has 2 aliphatic rings. The number of hydrogen-bond donors (Lipinski definition) is 1. The molecule has 1 aliphatic heterocycles. The highest BCUT2D eigenvalue weighted by atomic mass is 35.5. The minimum Gasteiger partial charge on any atom is -0.381 e. The van der Waals surface area contributed by atoms with Gasteiger partial charge in [-0.05, 0) is 25.2 Å². The van der Waals surface area contributed by atoms with E-state index in [1.54, 1.807) is 7.11 Å². The Labute approximate surface area is 128 Å². The Morgan fingerprint density at radius 1 is 1.30 bits per heavy atom. The molecule has 0 aromatic heterocycles. The molecule has 2 fully saturated rings. The second-order valence-corrected chi connectivity index (χ2v) is 6.05. The summed E-state index contributed by atoms with van der Waals surface area (Å²) < 4.78 is 5.40. The lowest BCUT2D eigenvalue weighted by Gasteiger charge is -2.38. The first kappa shape index (κ1) is 17.7. The fourth-order valence-electron chi connectivity index (χ4n) is 3.55. The average molecular weight is 305 g/mol. The lowest BCUT2D eigenvalue weighted by molar-refractivity contribution is -0.137. The number of methoxy groups -OCH3 is 1. The Morgan fingerprint density at radius 3 is 2.60 bits per heavy atom. The molecular weight excluding hydrogens is 276 g/mol. The van der Waals surface area contributed by atoms with E-state index < -0.39 is 0 Å². The van der Waals surface area contributed by atoms with Gasteiger partial charge in [0, 0.05) is 32.7 Å². The molecular formula is C15H29ClN2O2. The summed E-state index contributed by atoms with van der Waals surface area (Å²) in [5, 5.41) is 0. The SMILES string of the molecule is COC1CCN(C(=O)CCC2CCCC2)C(CN)C1.Cl. The van der Waals surface area contributed by atoms with Gasteiger partial charge >= 0.3 is 0 Å². The number of carbonyl (C=O) groups excluding carboxylic acids is 1. The number of hydrogen-bond acceptors (Lipinski definition) is 3. The first-order chi connectivity index (χ1) is 9.24. The van der Waals surface area contributed by atoms with Gasteiger partial charge in [-0.25, -0.2) is 0 Å². The number of amides is 1. The van der Waals surface area contributed by atoms with Gasteiger partial charge in [-0.15, -0.1) is 12.4 Å². The van der Waals surface area contributed by atoms with Crippen LogP contribution in [0.1, 0.15) is 51.4 Å². The number of nitrogens with two attached hydrogens (primary N) is 1. The van der Waals surface area contributed by atoms with Crippen molar-refractivity contribution >= 4 is 18.3 Å². The van der Waals surface area contributed by atoms with Gasteiger partial charge in [0.05, 0.1) is 6.10 Å². The topological polar surface area (TPSA) is 55.6 Å². The monoisotopic (exact) mass is 304 g/mol. The maximum absolute atomic E-state index is 12.3. The van der Waals surface area contributed by atoms with Crippen molar-refractivity contribution in [3.63, 3.8) is 0 Å². The van der Waals surface area contributed by atoms with Gasteiger partial charge < -0.3 is 15.4 Å². The average Bonchev–Trinajstić information content (AvgIpc) is 2.97. The van der Waals surface area contributed by atoms with Crippen LogP contribution >= 0.6 is 12.4 Å². The Bertz CT molecular complexity index is 296. The molecule has 4 nitrogen and oxygen atoms in total. The van der Waals surface area contributed by atoms with Crippen molar-refractivity contribution in [1.82, 2.24) is 4.90 Å². The molecule has 0 bridgehead atoms. The van der Waals surface area contributed by atoms with Gasteiger partial charge in [-0.1, -0.05) is 25.7 Å². The number of nitrogens with zero attached hydrogens (tertiary/aromatic N) is 1. The molecule has 0 aromatic carbocycles. The lowest BCUT2D eigenvalue weighted by Crippen LogP contribution is -2.51. The number of ether oxygens (including phenoxy) is 1. The van der Waals surface area contributed by atoms with E-state index in [0.29, 0.717) is 18.9 Å². The molecule has 0 spiro atoms. The number of piperidine rings is 1. The Kier molecular flexibility index (Phi) is 7.85. The molecule has 2 unspecified atom stereocenters. The predicted octanol–water partition coefficient (Wildman–Crippen LogP) is 2.34. The second-order valence-electron chi connectivity index (χ2n) is 6.05. The van der Waals surface area contributed by atoms with Crippen molar-refractivity contribution in [2.45, 2.75) is 63.5 Å². The van der Waals surface area contributed by atoms with Crippen LogP contribution in [-0.4, -0.2) is 43.2 Å². The third-order valence-corrected chi connectivity index (χ3v) is 4.83. The molecule has 1 saturated carbocycles. The van der Waals surface area contributed by atoms with Gasteiger partial charge in [0.1, 0.15) is 0 Å².